The van der Waals surface area contributed by atoms with Crippen molar-refractivity contribution in [2.24, 2.45) is 21.6 Å². The highest BCUT2D eigenvalue weighted by atomic mass is 16.3. The quantitative estimate of drug-likeness (QED) is 0.457. The maximum Gasteiger partial charge on any atom is 0.143 e. The van der Waals surface area contributed by atoms with Crippen molar-refractivity contribution >= 4 is 18.4 Å². The smallest absolute Gasteiger partial charge is 0.143 e. The van der Waals surface area contributed by atoms with Crippen LogP contribution in [0.3, 0.4) is 0 Å². The van der Waals surface area contributed by atoms with Crippen molar-refractivity contribution in [2.45, 2.75) is 37.5 Å². The van der Waals surface area contributed by atoms with Gasteiger partial charge in [0.25, 0.3) is 0 Å². The molecule has 5 N–H and O–H groups in total. The second-order valence-electron chi connectivity index (χ2n) is 6.42. The summed E-state index contributed by atoms with van der Waals surface area (Å²) in [6, 6.07) is 1.54. The van der Waals surface area contributed by atoms with Gasteiger partial charge in [-0.15, -0.1) is 0 Å². The molecule has 1 aliphatic carbocycles. The zero-order valence-electron chi connectivity index (χ0n) is 14.2. The van der Waals surface area contributed by atoms with Gasteiger partial charge in [-0.05, 0) is 43.5 Å². The number of hydrogen-bond donors (Lipinski definition) is 4. The fourth-order valence-electron chi connectivity index (χ4n) is 3.62. The molecular formula is C17H24N6O2. The van der Waals surface area contributed by atoms with E-state index < -0.39 is 12.2 Å². The molecule has 0 amide bonds. The van der Waals surface area contributed by atoms with Crippen molar-refractivity contribution in [1.82, 2.24) is 14.8 Å². The topological polar surface area (TPSA) is 125 Å². The number of aromatic amines is 1. The van der Waals surface area contributed by atoms with E-state index >= 15 is 0 Å². The first-order chi connectivity index (χ1) is 12.1. The van der Waals surface area contributed by atoms with E-state index in [-0.39, 0.29) is 12.0 Å². The van der Waals surface area contributed by atoms with Crippen molar-refractivity contribution in [1.29, 1.82) is 0 Å². The lowest BCUT2D eigenvalue weighted by Crippen LogP contribution is -2.29. The molecule has 1 aliphatic rings. The molecule has 25 heavy (non-hydrogen) atoms. The lowest BCUT2D eigenvalue weighted by atomic mass is 9.97. The number of nitrogens with one attached hydrogen (secondary N) is 1. The van der Waals surface area contributed by atoms with E-state index in [1.54, 1.807) is 13.2 Å². The van der Waals surface area contributed by atoms with Gasteiger partial charge in [0.2, 0.25) is 0 Å². The summed E-state index contributed by atoms with van der Waals surface area (Å²) in [6.07, 6.45) is 6.03. The van der Waals surface area contributed by atoms with Gasteiger partial charge in [0, 0.05) is 19.4 Å². The molecule has 2 aromatic heterocycles. The minimum atomic E-state index is -0.866. The maximum absolute atomic E-state index is 10.6. The summed E-state index contributed by atoms with van der Waals surface area (Å²) >= 11 is 0. The molecule has 8 heteroatoms. The van der Waals surface area contributed by atoms with Gasteiger partial charge in [0.15, 0.2) is 0 Å². The van der Waals surface area contributed by atoms with Crippen LogP contribution in [-0.2, 0) is 6.42 Å². The lowest BCUT2D eigenvalue weighted by Gasteiger charge is -2.20. The summed E-state index contributed by atoms with van der Waals surface area (Å²) in [6.45, 7) is 3.61. The van der Waals surface area contributed by atoms with Crippen LogP contribution in [0.4, 0.5) is 5.82 Å². The molecule has 0 aliphatic heterocycles. The number of aliphatic hydroxyl groups excluding tert-OH is 2. The number of H-pyrrole nitrogens is 1. The van der Waals surface area contributed by atoms with Crippen molar-refractivity contribution < 1.29 is 10.2 Å². The van der Waals surface area contributed by atoms with Crippen LogP contribution in [0.5, 0.6) is 0 Å². The highest BCUT2D eigenvalue weighted by Crippen LogP contribution is 2.40. The molecule has 0 radical (unpaired) electrons. The summed E-state index contributed by atoms with van der Waals surface area (Å²) in [5.74, 6) is 0.927. The molecule has 8 nitrogen and oxygen atoms in total. The highest BCUT2D eigenvalue weighted by molar-refractivity contribution is 6.01. The van der Waals surface area contributed by atoms with E-state index in [1.807, 2.05) is 23.0 Å². The summed E-state index contributed by atoms with van der Waals surface area (Å²) in [5, 5.41) is 27.7. The standard InChI is InChI=1S/C17H24N6O2/c1-19-16(18)12-5-6-23(17(12)20-2)13-7-11(14(24)15(13)25)4-3-10-8-21-22-9-10/h5-6,8-9,11,13-15,24-25H,2-4,7H2,1H3,(H2,18,19)(H,21,22)/t11-,13+,14+,15-/m0/s1. The predicted octanol–water partition coefficient (Wildman–Crippen LogP) is 0.794. The Morgan fingerprint density at radius 3 is 2.92 bits per heavy atom. The van der Waals surface area contributed by atoms with Gasteiger partial charge in [0.05, 0.1) is 23.9 Å². The van der Waals surface area contributed by atoms with E-state index in [0.717, 1.165) is 18.4 Å². The van der Waals surface area contributed by atoms with E-state index in [1.165, 1.54) is 0 Å². The molecule has 0 bridgehead atoms. The first kappa shape index (κ1) is 17.4. The number of rotatable bonds is 6. The van der Waals surface area contributed by atoms with Gasteiger partial charge in [-0.25, -0.2) is 4.99 Å². The SMILES string of the molecule is C=Nc1c(/C(N)=N\C)ccn1[C@@H]1C[C@H](CCc2cn[nH]c2)[C@@H](O)[C@H]1O. The molecule has 1 saturated carbocycles. The molecular weight excluding hydrogens is 320 g/mol. The number of amidine groups is 1. The Morgan fingerprint density at radius 2 is 2.28 bits per heavy atom. The molecule has 2 aromatic rings. The monoisotopic (exact) mass is 344 g/mol. The van der Waals surface area contributed by atoms with Crippen LogP contribution in [0.25, 0.3) is 0 Å². The Hall–Kier alpha value is -2.45. The van der Waals surface area contributed by atoms with Crippen molar-refractivity contribution in [2.75, 3.05) is 7.05 Å². The van der Waals surface area contributed by atoms with Crippen LogP contribution in [0.2, 0.25) is 0 Å². The van der Waals surface area contributed by atoms with Crippen LogP contribution in [-0.4, -0.2) is 56.8 Å². The Morgan fingerprint density at radius 1 is 1.48 bits per heavy atom. The molecule has 3 rings (SSSR count). The van der Waals surface area contributed by atoms with E-state index in [0.29, 0.717) is 23.6 Å². The average molecular weight is 344 g/mol. The second kappa shape index (κ2) is 7.20. The second-order valence-corrected chi connectivity index (χ2v) is 6.42. The number of aryl methyl sites for hydroxylation is 1. The highest BCUT2D eigenvalue weighted by Gasteiger charge is 2.42. The first-order valence-electron chi connectivity index (χ1n) is 8.30. The van der Waals surface area contributed by atoms with Gasteiger partial charge in [-0.3, -0.25) is 10.1 Å². The van der Waals surface area contributed by atoms with Gasteiger partial charge in [0.1, 0.15) is 17.8 Å². The lowest BCUT2D eigenvalue weighted by molar-refractivity contribution is 0.00521. The predicted molar refractivity (Wildman–Crippen MR) is 96.4 cm³/mol. The Balaban J connectivity index is 1.79. The third kappa shape index (κ3) is 3.22. The number of hydrogen-bond acceptors (Lipinski definition) is 5. The van der Waals surface area contributed by atoms with Gasteiger partial charge in [-0.2, -0.15) is 5.10 Å². The summed E-state index contributed by atoms with van der Waals surface area (Å²) in [7, 11) is 1.61. The average Bonchev–Trinajstić information content (AvgIpc) is 3.34. The molecule has 2 heterocycles. The number of nitrogens with zero attached hydrogens (tertiary/aromatic N) is 4. The van der Waals surface area contributed by atoms with E-state index in [2.05, 4.69) is 26.9 Å². The summed E-state index contributed by atoms with van der Waals surface area (Å²) < 4.78 is 1.84. The number of aliphatic imine (C=N–C) groups is 2. The molecule has 0 saturated heterocycles. The van der Waals surface area contributed by atoms with Crippen molar-refractivity contribution in [3.63, 3.8) is 0 Å². The van der Waals surface area contributed by atoms with E-state index in [9.17, 15) is 10.2 Å². The van der Waals surface area contributed by atoms with Crippen LogP contribution in [0.1, 0.15) is 30.0 Å². The van der Waals surface area contributed by atoms with Crippen molar-refractivity contribution in [3.8, 4) is 0 Å². The van der Waals surface area contributed by atoms with Gasteiger partial charge >= 0.3 is 0 Å². The fourth-order valence-corrected chi connectivity index (χ4v) is 3.62. The number of aromatic nitrogens is 3. The third-order valence-corrected chi connectivity index (χ3v) is 5.04. The van der Waals surface area contributed by atoms with Gasteiger partial charge in [-0.1, -0.05) is 0 Å². The maximum atomic E-state index is 10.6. The van der Waals surface area contributed by atoms with Crippen LogP contribution in [0, 0.1) is 5.92 Å². The number of aliphatic hydroxyl groups is 2. The Labute approximate surface area is 146 Å². The minimum absolute atomic E-state index is 0.00407. The molecule has 1 fully saturated rings. The molecule has 134 valence electrons. The first-order valence-corrected chi connectivity index (χ1v) is 8.30. The van der Waals surface area contributed by atoms with Crippen LogP contribution >= 0.6 is 0 Å². The normalized spacial score (nSPS) is 26.9. The zero-order chi connectivity index (χ0) is 18.0. The zero-order valence-corrected chi connectivity index (χ0v) is 14.2. The minimum Gasteiger partial charge on any atom is -0.390 e. The van der Waals surface area contributed by atoms with Crippen LogP contribution in [0.15, 0.2) is 34.6 Å². The fraction of sp³-hybridized carbons (Fsp3) is 0.471. The number of nitrogens with two attached hydrogens (primary N) is 1. The molecule has 4 atom stereocenters. The summed E-state index contributed by atoms with van der Waals surface area (Å²) in [5.41, 5.74) is 7.67. The Bertz CT molecular complexity index is 751. The van der Waals surface area contributed by atoms with Crippen molar-refractivity contribution in [3.05, 3.63) is 35.8 Å². The largest absolute Gasteiger partial charge is 0.390 e. The third-order valence-electron chi connectivity index (χ3n) is 5.04. The van der Waals surface area contributed by atoms with Crippen LogP contribution < -0.4 is 5.73 Å². The molecule has 0 unspecified atom stereocenters. The van der Waals surface area contributed by atoms with E-state index in [4.69, 9.17) is 5.73 Å². The Kier molecular flexibility index (Phi) is 5.00. The molecule has 0 aromatic carbocycles. The van der Waals surface area contributed by atoms with Gasteiger partial charge < -0.3 is 20.5 Å². The molecule has 0 spiro atoms. The summed E-state index contributed by atoms with van der Waals surface area (Å²) in [4.78, 5) is 8.05.